The molecule has 2 aromatic rings. The lowest BCUT2D eigenvalue weighted by Gasteiger charge is -2.14. The van der Waals surface area contributed by atoms with E-state index in [0.29, 0.717) is 5.56 Å². The molecular formula is C13H14O3S. The largest absolute Gasteiger partial charge is 0.294 e. The monoisotopic (exact) mass is 250 g/mol. The summed E-state index contributed by atoms with van der Waals surface area (Å²) in [6.07, 6.45) is 0. The first kappa shape index (κ1) is 12.1. The SMILES string of the molecule is CC(C)c1c(S(=O)(=O)O)ccc2ccccc12. The van der Waals surface area contributed by atoms with Gasteiger partial charge < -0.3 is 0 Å². The maximum absolute atomic E-state index is 11.4. The minimum Gasteiger partial charge on any atom is -0.282 e. The van der Waals surface area contributed by atoms with Crippen molar-refractivity contribution in [2.24, 2.45) is 0 Å². The minimum absolute atomic E-state index is 0.00574. The van der Waals surface area contributed by atoms with Crippen molar-refractivity contribution in [1.29, 1.82) is 0 Å². The van der Waals surface area contributed by atoms with E-state index >= 15 is 0 Å². The summed E-state index contributed by atoms with van der Waals surface area (Å²) in [5, 5.41) is 1.85. The quantitative estimate of drug-likeness (QED) is 0.833. The molecule has 2 aromatic carbocycles. The first-order valence-corrected chi connectivity index (χ1v) is 6.84. The van der Waals surface area contributed by atoms with E-state index in [9.17, 15) is 13.0 Å². The molecule has 3 nitrogen and oxygen atoms in total. The molecule has 0 aliphatic heterocycles. The summed E-state index contributed by atoms with van der Waals surface area (Å²) in [5.74, 6) is 0.0259. The molecule has 0 saturated heterocycles. The lowest BCUT2D eigenvalue weighted by molar-refractivity contribution is 0.481. The zero-order valence-corrected chi connectivity index (χ0v) is 10.5. The normalized spacial score (nSPS) is 12.2. The van der Waals surface area contributed by atoms with Crippen LogP contribution in [0.2, 0.25) is 0 Å². The molecule has 0 spiro atoms. The molecule has 4 heteroatoms. The Kier molecular flexibility index (Phi) is 2.93. The number of hydrogen-bond acceptors (Lipinski definition) is 2. The van der Waals surface area contributed by atoms with Gasteiger partial charge in [-0.3, -0.25) is 4.55 Å². The molecule has 0 amide bonds. The van der Waals surface area contributed by atoms with E-state index in [0.717, 1.165) is 10.8 Å². The standard InChI is InChI=1S/C13H14O3S/c1-9(2)13-11-6-4-3-5-10(11)7-8-12(13)17(14,15)16/h3-9H,1-2H3,(H,14,15,16). The van der Waals surface area contributed by atoms with E-state index in [1.807, 2.05) is 38.1 Å². The smallest absolute Gasteiger partial charge is 0.282 e. The van der Waals surface area contributed by atoms with E-state index in [1.165, 1.54) is 6.07 Å². The fraction of sp³-hybridized carbons (Fsp3) is 0.231. The average molecular weight is 250 g/mol. The third-order valence-corrected chi connectivity index (χ3v) is 3.70. The summed E-state index contributed by atoms with van der Waals surface area (Å²) in [6.45, 7) is 3.83. The maximum Gasteiger partial charge on any atom is 0.294 e. The fourth-order valence-corrected chi connectivity index (χ4v) is 2.96. The summed E-state index contributed by atoms with van der Waals surface area (Å²) < 4.78 is 32.0. The van der Waals surface area contributed by atoms with Crippen LogP contribution in [-0.2, 0) is 10.1 Å². The van der Waals surface area contributed by atoms with Gasteiger partial charge in [0.25, 0.3) is 10.1 Å². The van der Waals surface area contributed by atoms with E-state index < -0.39 is 10.1 Å². The highest BCUT2D eigenvalue weighted by Crippen LogP contribution is 2.31. The highest BCUT2D eigenvalue weighted by molar-refractivity contribution is 7.85. The van der Waals surface area contributed by atoms with Crippen LogP contribution in [0.4, 0.5) is 0 Å². The van der Waals surface area contributed by atoms with Crippen LogP contribution in [0.25, 0.3) is 10.8 Å². The fourth-order valence-electron chi connectivity index (χ4n) is 2.10. The Hall–Kier alpha value is -1.39. The highest BCUT2D eigenvalue weighted by Gasteiger charge is 2.19. The van der Waals surface area contributed by atoms with Gasteiger partial charge in [0, 0.05) is 0 Å². The van der Waals surface area contributed by atoms with Crippen LogP contribution >= 0.6 is 0 Å². The van der Waals surface area contributed by atoms with E-state index in [-0.39, 0.29) is 10.8 Å². The molecule has 1 N–H and O–H groups in total. The average Bonchev–Trinajstić information content (AvgIpc) is 2.26. The van der Waals surface area contributed by atoms with Crippen molar-refractivity contribution in [3.8, 4) is 0 Å². The van der Waals surface area contributed by atoms with Gasteiger partial charge in [-0.2, -0.15) is 8.42 Å². The molecule has 17 heavy (non-hydrogen) atoms. The number of hydrogen-bond donors (Lipinski definition) is 1. The van der Waals surface area contributed by atoms with Gasteiger partial charge >= 0.3 is 0 Å². The first-order chi connectivity index (χ1) is 7.91. The van der Waals surface area contributed by atoms with Crippen LogP contribution in [0.1, 0.15) is 25.3 Å². The van der Waals surface area contributed by atoms with E-state index in [4.69, 9.17) is 0 Å². The first-order valence-electron chi connectivity index (χ1n) is 5.40. The summed E-state index contributed by atoms with van der Waals surface area (Å²) in [5.41, 5.74) is 0.672. The second-order valence-electron chi connectivity index (χ2n) is 4.33. The van der Waals surface area contributed by atoms with Crippen molar-refractivity contribution in [1.82, 2.24) is 0 Å². The second-order valence-corrected chi connectivity index (χ2v) is 5.72. The van der Waals surface area contributed by atoms with Gasteiger partial charge in [0.1, 0.15) is 0 Å². The third kappa shape index (κ3) is 2.18. The molecule has 0 heterocycles. The predicted molar refractivity (Wildman–Crippen MR) is 67.9 cm³/mol. The van der Waals surface area contributed by atoms with Crippen molar-refractivity contribution in [2.75, 3.05) is 0 Å². The van der Waals surface area contributed by atoms with E-state index in [2.05, 4.69) is 0 Å². The van der Waals surface area contributed by atoms with Gasteiger partial charge in [-0.25, -0.2) is 0 Å². The zero-order valence-electron chi connectivity index (χ0n) is 9.71. The molecule has 0 atom stereocenters. The van der Waals surface area contributed by atoms with Gasteiger partial charge in [0.15, 0.2) is 0 Å². The molecule has 90 valence electrons. The molecule has 0 radical (unpaired) electrons. The Morgan fingerprint density at radius 2 is 1.71 bits per heavy atom. The van der Waals surface area contributed by atoms with Crippen LogP contribution < -0.4 is 0 Å². The Balaban J connectivity index is 2.92. The molecule has 2 rings (SSSR count). The Morgan fingerprint density at radius 1 is 1.06 bits per heavy atom. The van der Waals surface area contributed by atoms with Crippen molar-refractivity contribution < 1.29 is 13.0 Å². The molecule has 0 bridgehead atoms. The van der Waals surface area contributed by atoms with Crippen LogP contribution in [0, 0.1) is 0 Å². The Morgan fingerprint density at radius 3 is 2.29 bits per heavy atom. The summed E-state index contributed by atoms with van der Waals surface area (Å²) in [4.78, 5) is 0.00574. The molecule has 0 aromatic heterocycles. The molecule has 0 fully saturated rings. The van der Waals surface area contributed by atoms with Crippen molar-refractivity contribution in [2.45, 2.75) is 24.7 Å². The van der Waals surface area contributed by atoms with Crippen LogP contribution in [0.5, 0.6) is 0 Å². The van der Waals surface area contributed by atoms with Crippen LogP contribution in [-0.4, -0.2) is 13.0 Å². The van der Waals surface area contributed by atoms with Crippen molar-refractivity contribution in [3.63, 3.8) is 0 Å². The van der Waals surface area contributed by atoms with E-state index in [1.54, 1.807) is 6.07 Å². The minimum atomic E-state index is -4.17. The summed E-state index contributed by atoms with van der Waals surface area (Å²) >= 11 is 0. The molecule has 0 aliphatic carbocycles. The number of fused-ring (bicyclic) bond motifs is 1. The molecule has 0 unspecified atom stereocenters. The molecule has 0 saturated carbocycles. The van der Waals surface area contributed by atoms with Crippen LogP contribution in [0.3, 0.4) is 0 Å². The zero-order chi connectivity index (χ0) is 12.6. The second kappa shape index (κ2) is 4.13. The van der Waals surface area contributed by atoms with Crippen molar-refractivity contribution >= 4 is 20.9 Å². The van der Waals surface area contributed by atoms with Gasteiger partial charge in [-0.1, -0.05) is 44.2 Å². The maximum atomic E-state index is 11.4. The lowest BCUT2D eigenvalue weighted by Crippen LogP contribution is -2.05. The summed E-state index contributed by atoms with van der Waals surface area (Å²) in [6, 6.07) is 10.7. The number of rotatable bonds is 2. The van der Waals surface area contributed by atoms with Gasteiger partial charge in [0.05, 0.1) is 4.90 Å². The predicted octanol–water partition coefficient (Wildman–Crippen LogP) is 3.21. The summed E-state index contributed by atoms with van der Waals surface area (Å²) in [7, 11) is -4.17. The number of benzene rings is 2. The van der Waals surface area contributed by atoms with Gasteiger partial charge in [0.2, 0.25) is 0 Å². The van der Waals surface area contributed by atoms with Crippen LogP contribution in [0.15, 0.2) is 41.3 Å². The Labute approximate surface area is 101 Å². The third-order valence-electron chi connectivity index (χ3n) is 2.79. The molecular weight excluding hydrogens is 236 g/mol. The lowest BCUT2D eigenvalue weighted by atomic mass is 9.96. The van der Waals surface area contributed by atoms with Gasteiger partial charge in [-0.15, -0.1) is 0 Å². The van der Waals surface area contributed by atoms with Gasteiger partial charge in [-0.05, 0) is 28.3 Å². The topological polar surface area (TPSA) is 54.4 Å². The van der Waals surface area contributed by atoms with Crippen molar-refractivity contribution in [3.05, 3.63) is 42.0 Å². The highest BCUT2D eigenvalue weighted by atomic mass is 32.2. The molecule has 0 aliphatic rings. The Bertz CT molecular complexity index is 657.